The van der Waals surface area contributed by atoms with E-state index in [1.165, 1.54) is 4.57 Å². The molecule has 2 aromatic carbocycles. The fourth-order valence-corrected chi connectivity index (χ4v) is 3.21. The Morgan fingerprint density at radius 1 is 1.17 bits per heavy atom. The van der Waals surface area contributed by atoms with Gasteiger partial charge in [0.15, 0.2) is 13.0 Å². The molecule has 8 nitrogen and oxygen atoms in total. The van der Waals surface area contributed by atoms with Crippen LogP contribution in [0.4, 0.5) is 5.69 Å². The number of aromatic nitrogens is 1. The smallest absolute Gasteiger partial charge is 0.387 e. The third-order valence-electron chi connectivity index (χ3n) is 4.40. The van der Waals surface area contributed by atoms with Gasteiger partial charge in [0.1, 0.15) is 0 Å². The molecule has 0 radical (unpaired) electrons. The van der Waals surface area contributed by atoms with E-state index in [1.54, 1.807) is 61.5 Å². The van der Waals surface area contributed by atoms with Gasteiger partial charge in [0.2, 0.25) is 0 Å². The molecule has 0 aliphatic carbocycles. The monoisotopic (exact) mass is 392 g/mol. The molecule has 0 aliphatic rings. The molecule has 0 saturated carbocycles. The lowest BCUT2D eigenvalue weighted by atomic mass is 9.94. The molecule has 1 atom stereocenters. The number of para-hydroxylation sites is 2. The first-order valence-corrected chi connectivity index (χ1v) is 8.85. The molecule has 1 aromatic heterocycles. The molecule has 0 saturated heterocycles. The average molecular weight is 392 g/mol. The van der Waals surface area contributed by atoms with Gasteiger partial charge in [0.05, 0.1) is 28.7 Å². The van der Waals surface area contributed by atoms with Crippen LogP contribution in [0, 0.1) is 16.2 Å². The molecular weight excluding hydrogens is 374 g/mol. The highest BCUT2D eigenvalue weighted by molar-refractivity contribution is 5.94. The van der Waals surface area contributed by atoms with E-state index in [0.717, 1.165) is 7.11 Å². The van der Waals surface area contributed by atoms with Gasteiger partial charge in [-0.15, -0.1) is 0 Å². The highest BCUT2D eigenvalue weighted by atomic mass is 16.8. The van der Waals surface area contributed by atoms with Crippen LogP contribution < -0.4 is 5.56 Å². The van der Waals surface area contributed by atoms with Crippen molar-refractivity contribution in [3.05, 3.63) is 75.4 Å². The Kier molecular flexibility index (Phi) is 5.69. The molecule has 1 heterocycles. The van der Waals surface area contributed by atoms with E-state index in [-0.39, 0.29) is 17.1 Å². The van der Waals surface area contributed by atoms with Crippen molar-refractivity contribution in [2.75, 3.05) is 13.7 Å². The predicted molar refractivity (Wildman–Crippen MR) is 105 cm³/mol. The minimum atomic E-state index is -1.47. The first-order valence-electron chi connectivity index (χ1n) is 8.85. The van der Waals surface area contributed by atoms with Gasteiger partial charge in [0, 0.05) is 11.1 Å². The van der Waals surface area contributed by atoms with Crippen LogP contribution in [0.3, 0.4) is 0 Å². The largest absolute Gasteiger partial charge is 0.465 e. The summed E-state index contributed by atoms with van der Waals surface area (Å²) in [6, 6.07) is 17.3. The number of nitriles is 1. The molecular formula is C21H18N3O5+. The minimum absolute atomic E-state index is 0.0209. The fraction of sp³-hybridized carbons (Fsp3) is 0.190. The first kappa shape index (κ1) is 19.8. The summed E-state index contributed by atoms with van der Waals surface area (Å²) in [6.45, 7) is 1.66. The Labute approximate surface area is 166 Å². The zero-order valence-corrected chi connectivity index (χ0v) is 15.9. The van der Waals surface area contributed by atoms with Crippen LogP contribution in [0.25, 0.3) is 16.6 Å². The Morgan fingerprint density at radius 2 is 1.83 bits per heavy atom. The van der Waals surface area contributed by atoms with Gasteiger partial charge in [-0.1, -0.05) is 36.4 Å². The molecule has 3 rings (SSSR count). The highest BCUT2D eigenvalue weighted by Gasteiger charge is 2.39. The van der Waals surface area contributed by atoms with Gasteiger partial charge in [-0.25, -0.2) is 4.84 Å². The van der Waals surface area contributed by atoms with E-state index >= 15 is 0 Å². The Bertz CT molecular complexity index is 1180. The van der Waals surface area contributed by atoms with E-state index in [2.05, 4.69) is 0 Å². The maximum absolute atomic E-state index is 13.4. The lowest BCUT2D eigenvalue weighted by molar-refractivity contribution is -0.737. The average Bonchev–Trinajstić information content (AvgIpc) is 2.74. The van der Waals surface area contributed by atoms with Crippen molar-refractivity contribution in [3.8, 4) is 11.8 Å². The number of nitrogens with zero attached hydrogens (tertiary/aromatic N) is 3. The third-order valence-corrected chi connectivity index (χ3v) is 4.40. The molecule has 0 amide bonds. The summed E-state index contributed by atoms with van der Waals surface area (Å²) in [5.41, 5.74) is -0.247. The molecule has 3 aromatic rings. The number of fused-ring (bicyclic) bond motifs is 1. The number of pyridine rings is 1. The van der Waals surface area contributed by atoms with E-state index in [9.17, 15) is 19.8 Å². The topological polar surface area (TPSA) is 101 Å². The number of carbonyl (C=O) groups is 1. The molecule has 146 valence electrons. The van der Waals surface area contributed by atoms with Crippen LogP contribution in [0.5, 0.6) is 0 Å². The standard InChI is InChI=1S/C21H18N3O5/c1-3-29-21(26)16(13-22)18-15-11-7-8-12-17(15)23(14-9-5-4-6-10-14)20(25)19(18)24(27)28-2/h4-12,16H,3H2,1-2H3/q+1. The van der Waals surface area contributed by atoms with Gasteiger partial charge in [-0.3, -0.25) is 14.2 Å². The maximum atomic E-state index is 13.4. The zero-order valence-electron chi connectivity index (χ0n) is 15.9. The molecule has 0 fully saturated rings. The van der Waals surface area contributed by atoms with E-state index < -0.39 is 23.1 Å². The number of hydrogen-bond acceptors (Lipinski definition) is 6. The molecule has 0 spiro atoms. The second kappa shape index (κ2) is 8.35. The van der Waals surface area contributed by atoms with Crippen molar-refractivity contribution in [2.24, 2.45) is 0 Å². The molecule has 29 heavy (non-hydrogen) atoms. The van der Waals surface area contributed by atoms with E-state index in [4.69, 9.17) is 9.57 Å². The fourth-order valence-electron chi connectivity index (χ4n) is 3.21. The summed E-state index contributed by atoms with van der Waals surface area (Å²) in [6.07, 6.45) is 0. The predicted octanol–water partition coefficient (Wildman–Crippen LogP) is 3.13. The Hall–Kier alpha value is -3.99. The number of esters is 1. The van der Waals surface area contributed by atoms with Crippen molar-refractivity contribution >= 4 is 22.6 Å². The summed E-state index contributed by atoms with van der Waals surface area (Å²) < 4.78 is 6.33. The third kappa shape index (κ3) is 3.46. The van der Waals surface area contributed by atoms with Gasteiger partial charge < -0.3 is 4.74 Å². The lowest BCUT2D eigenvalue weighted by Gasteiger charge is -2.15. The first-order chi connectivity index (χ1) is 14.0. The van der Waals surface area contributed by atoms with Crippen molar-refractivity contribution < 1.29 is 19.3 Å². The molecule has 0 bridgehead atoms. The number of rotatable bonds is 6. The molecule has 0 N–H and O–H groups in total. The second-order valence-electron chi connectivity index (χ2n) is 6.01. The Balaban J connectivity index is 2.50. The van der Waals surface area contributed by atoms with Crippen molar-refractivity contribution in [1.29, 1.82) is 5.26 Å². The quantitative estimate of drug-likeness (QED) is 0.472. The van der Waals surface area contributed by atoms with Crippen molar-refractivity contribution in [1.82, 2.24) is 4.57 Å². The number of hydrogen-bond donors (Lipinski definition) is 0. The van der Waals surface area contributed by atoms with Gasteiger partial charge >= 0.3 is 17.2 Å². The molecule has 0 aliphatic heterocycles. The maximum Gasteiger partial charge on any atom is 0.387 e. The number of carbonyl (C=O) groups excluding carboxylic acids is 1. The Morgan fingerprint density at radius 3 is 2.45 bits per heavy atom. The summed E-state index contributed by atoms with van der Waals surface area (Å²) in [5.74, 6) is -2.32. The van der Waals surface area contributed by atoms with Gasteiger partial charge in [0.25, 0.3) is 4.92 Å². The molecule has 1 unspecified atom stereocenters. The summed E-state index contributed by atoms with van der Waals surface area (Å²) >= 11 is 0. The summed E-state index contributed by atoms with van der Waals surface area (Å²) in [7, 11) is 1.10. The minimum Gasteiger partial charge on any atom is -0.465 e. The normalized spacial score (nSPS) is 11.5. The van der Waals surface area contributed by atoms with Crippen molar-refractivity contribution in [2.45, 2.75) is 12.8 Å². The number of ether oxygens (including phenoxy) is 1. The zero-order chi connectivity index (χ0) is 21.0. The van der Waals surface area contributed by atoms with Crippen LogP contribution in [0.2, 0.25) is 0 Å². The summed E-state index contributed by atoms with van der Waals surface area (Å²) in [4.78, 5) is 43.1. The van der Waals surface area contributed by atoms with E-state index in [0.29, 0.717) is 16.6 Å². The van der Waals surface area contributed by atoms with Crippen LogP contribution in [0.1, 0.15) is 18.4 Å². The van der Waals surface area contributed by atoms with Gasteiger partial charge in [-0.2, -0.15) is 5.26 Å². The van der Waals surface area contributed by atoms with Crippen molar-refractivity contribution in [3.63, 3.8) is 0 Å². The molecule has 8 heteroatoms. The lowest BCUT2D eigenvalue weighted by Crippen LogP contribution is -2.27. The second-order valence-corrected chi connectivity index (χ2v) is 6.01. The number of benzene rings is 2. The van der Waals surface area contributed by atoms with E-state index in [1.807, 2.05) is 6.07 Å². The van der Waals surface area contributed by atoms with Gasteiger partial charge in [-0.05, 0) is 25.1 Å². The van der Waals surface area contributed by atoms with Crippen LogP contribution in [-0.4, -0.2) is 29.2 Å². The van der Waals surface area contributed by atoms with Crippen LogP contribution in [0.15, 0.2) is 59.4 Å². The SMILES string of the molecule is CCOC(=O)C(C#N)c1c([N+](=O)OC)c(=O)n(-c2ccccc2)c2ccccc12. The highest BCUT2D eigenvalue weighted by Crippen LogP contribution is 2.33. The summed E-state index contributed by atoms with van der Waals surface area (Å²) in [5, 5.41) is 10.1. The van der Waals surface area contributed by atoms with Crippen LogP contribution >= 0.6 is 0 Å². The van der Waals surface area contributed by atoms with Crippen LogP contribution in [-0.2, 0) is 14.4 Å².